The maximum absolute atomic E-state index is 14.2. The van der Waals surface area contributed by atoms with E-state index in [0.29, 0.717) is 0 Å². The Morgan fingerprint density at radius 3 is 2.88 bits per heavy atom. The second-order valence-electron chi connectivity index (χ2n) is 6.32. The van der Waals surface area contributed by atoms with Crippen LogP contribution in [-0.4, -0.2) is 37.0 Å². The van der Waals surface area contributed by atoms with Crippen LogP contribution in [0.5, 0.6) is 0 Å². The zero-order chi connectivity index (χ0) is 18.6. The largest absolute Gasteiger partial charge is 0.444 e. The van der Waals surface area contributed by atoms with E-state index in [4.69, 9.17) is 15.0 Å². The number of carbonyl (C=O) groups is 2. The lowest BCUT2D eigenvalue weighted by Gasteiger charge is -2.20. The topological polar surface area (TPSA) is 117 Å². The van der Waals surface area contributed by atoms with Crippen LogP contribution >= 0.6 is 0 Å². The van der Waals surface area contributed by atoms with Gasteiger partial charge in [0, 0.05) is 4.91 Å². The number of nitrogens with one attached hydrogen (secondary N) is 1. The molecule has 1 aromatic rings. The Balaban J connectivity index is 2.08. The van der Waals surface area contributed by atoms with Crippen molar-refractivity contribution in [2.45, 2.75) is 32.5 Å². The van der Waals surface area contributed by atoms with Crippen molar-refractivity contribution in [1.82, 2.24) is 0 Å². The average molecular weight is 351 g/mol. The van der Waals surface area contributed by atoms with Gasteiger partial charge in [-0.2, -0.15) is 0 Å². The van der Waals surface area contributed by atoms with Crippen LogP contribution in [0.1, 0.15) is 20.8 Å². The predicted octanol–water partition coefficient (Wildman–Crippen LogP) is 3.81. The average Bonchev–Trinajstić information content (AvgIpc) is 2.86. The first-order chi connectivity index (χ1) is 11.7. The van der Waals surface area contributed by atoms with Crippen LogP contribution in [-0.2, 0) is 9.47 Å². The van der Waals surface area contributed by atoms with Gasteiger partial charge in [0.2, 0.25) is 0 Å². The summed E-state index contributed by atoms with van der Waals surface area (Å²) >= 11 is 0. The summed E-state index contributed by atoms with van der Waals surface area (Å²) in [5.41, 5.74) is 7.78. The number of azide groups is 1. The molecule has 134 valence electrons. The lowest BCUT2D eigenvalue weighted by molar-refractivity contribution is 0.0635. The molecule has 2 rings (SSSR count). The van der Waals surface area contributed by atoms with Gasteiger partial charge in [-0.05, 0) is 44.5 Å². The minimum absolute atomic E-state index is 0.000491. The third-order valence-electron chi connectivity index (χ3n) is 3.12. The summed E-state index contributed by atoms with van der Waals surface area (Å²) in [4.78, 5) is 27.4. The number of carbonyl (C=O) groups excluding carboxylic acids is 2. The summed E-state index contributed by atoms with van der Waals surface area (Å²) in [6.07, 6.45) is -2.04. The molecule has 1 saturated heterocycles. The summed E-state index contributed by atoms with van der Waals surface area (Å²) < 4.78 is 24.3. The van der Waals surface area contributed by atoms with E-state index in [0.717, 1.165) is 6.07 Å². The molecular formula is C15H18FN5O4. The molecule has 0 aromatic heterocycles. The first-order valence-electron chi connectivity index (χ1n) is 7.48. The molecule has 1 heterocycles. The Labute approximate surface area is 143 Å². The normalized spacial score (nSPS) is 16.9. The molecule has 1 atom stereocenters. The molecule has 0 radical (unpaired) electrons. The third kappa shape index (κ3) is 4.98. The van der Waals surface area contributed by atoms with Gasteiger partial charge in [0.1, 0.15) is 17.5 Å². The zero-order valence-electron chi connectivity index (χ0n) is 14.0. The number of anilines is 2. The lowest BCUT2D eigenvalue weighted by atomic mass is 10.2. The van der Waals surface area contributed by atoms with Crippen LogP contribution in [0.3, 0.4) is 0 Å². The van der Waals surface area contributed by atoms with Crippen LogP contribution in [0, 0.1) is 5.82 Å². The van der Waals surface area contributed by atoms with Gasteiger partial charge < -0.3 is 9.47 Å². The molecule has 0 unspecified atom stereocenters. The van der Waals surface area contributed by atoms with Crippen molar-refractivity contribution in [2.75, 3.05) is 23.3 Å². The fraction of sp³-hybridized carbons (Fsp3) is 0.467. The quantitative estimate of drug-likeness (QED) is 0.504. The number of ether oxygens (including phenoxy) is 2. The third-order valence-corrected chi connectivity index (χ3v) is 3.12. The molecule has 1 aromatic carbocycles. The van der Waals surface area contributed by atoms with Crippen molar-refractivity contribution in [3.8, 4) is 0 Å². The fourth-order valence-corrected chi connectivity index (χ4v) is 2.14. The first-order valence-corrected chi connectivity index (χ1v) is 7.48. The molecule has 1 fully saturated rings. The van der Waals surface area contributed by atoms with E-state index in [1.54, 1.807) is 20.8 Å². The highest BCUT2D eigenvalue weighted by Crippen LogP contribution is 2.26. The van der Waals surface area contributed by atoms with Gasteiger partial charge in [-0.25, -0.2) is 14.0 Å². The summed E-state index contributed by atoms with van der Waals surface area (Å²) in [5.74, 6) is -0.727. The maximum atomic E-state index is 14.2. The number of benzene rings is 1. The van der Waals surface area contributed by atoms with E-state index in [1.165, 1.54) is 17.0 Å². The number of cyclic esters (lactones) is 1. The summed E-state index contributed by atoms with van der Waals surface area (Å²) in [7, 11) is 0. The van der Waals surface area contributed by atoms with Crippen molar-refractivity contribution in [2.24, 2.45) is 5.11 Å². The van der Waals surface area contributed by atoms with Crippen molar-refractivity contribution in [3.63, 3.8) is 0 Å². The summed E-state index contributed by atoms with van der Waals surface area (Å²) in [6.45, 7) is 5.21. The minimum atomic E-state index is -0.783. The van der Waals surface area contributed by atoms with E-state index < -0.39 is 29.7 Å². The number of nitrogens with zero attached hydrogens (tertiary/aromatic N) is 4. The Kier molecular flexibility index (Phi) is 5.33. The molecular weight excluding hydrogens is 333 g/mol. The molecule has 0 aliphatic carbocycles. The molecule has 25 heavy (non-hydrogen) atoms. The minimum Gasteiger partial charge on any atom is -0.444 e. The second kappa shape index (κ2) is 7.27. The lowest BCUT2D eigenvalue weighted by Crippen LogP contribution is -2.28. The van der Waals surface area contributed by atoms with Crippen molar-refractivity contribution < 1.29 is 23.5 Å². The number of hydrogen-bond donors (Lipinski definition) is 1. The first kappa shape index (κ1) is 18.3. The van der Waals surface area contributed by atoms with Gasteiger partial charge in [-0.1, -0.05) is 5.11 Å². The summed E-state index contributed by atoms with van der Waals surface area (Å²) in [6, 6.07) is 3.89. The van der Waals surface area contributed by atoms with Crippen LogP contribution in [0.25, 0.3) is 10.4 Å². The molecule has 1 N–H and O–H groups in total. The number of hydrogen-bond acceptors (Lipinski definition) is 5. The molecule has 0 bridgehead atoms. The molecule has 10 heteroatoms. The standard InChI is InChI=1S/C15H18FN5O4/c1-15(2,3)25-13(22)19-12-5-4-9(6-11(12)16)21-8-10(7-18-20-17)24-14(21)23/h4-6,10H,7-8H2,1-3H3,(H,19,22)/t10-/m1/s1. The highest BCUT2D eigenvalue weighted by Gasteiger charge is 2.32. The molecule has 0 spiro atoms. The molecule has 1 aliphatic rings. The highest BCUT2D eigenvalue weighted by molar-refractivity contribution is 5.91. The van der Waals surface area contributed by atoms with Crippen molar-refractivity contribution in [3.05, 3.63) is 34.5 Å². The smallest absolute Gasteiger partial charge is 0.414 e. The highest BCUT2D eigenvalue weighted by atomic mass is 19.1. The van der Waals surface area contributed by atoms with Gasteiger partial charge in [-0.15, -0.1) is 0 Å². The summed E-state index contributed by atoms with van der Waals surface area (Å²) in [5, 5.41) is 5.66. The van der Waals surface area contributed by atoms with Crippen molar-refractivity contribution in [1.29, 1.82) is 0 Å². The second-order valence-corrected chi connectivity index (χ2v) is 6.32. The Hall–Kier alpha value is -3.00. The Morgan fingerprint density at radius 1 is 1.56 bits per heavy atom. The van der Waals surface area contributed by atoms with E-state index in [2.05, 4.69) is 15.3 Å². The van der Waals surface area contributed by atoms with Gasteiger partial charge in [0.15, 0.2) is 0 Å². The van der Waals surface area contributed by atoms with E-state index in [1.807, 2.05) is 0 Å². The van der Waals surface area contributed by atoms with Gasteiger partial charge in [0.05, 0.1) is 24.5 Å². The molecule has 1 aliphatic heterocycles. The van der Waals surface area contributed by atoms with E-state index in [9.17, 15) is 14.0 Å². The molecule has 9 nitrogen and oxygen atoms in total. The van der Waals surface area contributed by atoms with E-state index in [-0.39, 0.29) is 24.5 Å². The van der Waals surface area contributed by atoms with Crippen LogP contribution in [0.4, 0.5) is 25.4 Å². The van der Waals surface area contributed by atoms with Gasteiger partial charge in [0.25, 0.3) is 0 Å². The Morgan fingerprint density at radius 2 is 2.28 bits per heavy atom. The number of rotatable bonds is 4. The predicted molar refractivity (Wildman–Crippen MR) is 87.9 cm³/mol. The SMILES string of the molecule is CC(C)(C)OC(=O)Nc1ccc(N2C[C@@H](CN=[N+]=[N-])OC2=O)cc1F. The maximum Gasteiger partial charge on any atom is 0.414 e. The van der Waals surface area contributed by atoms with Gasteiger partial charge in [-0.3, -0.25) is 10.2 Å². The Bertz CT molecular complexity index is 727. The molecule has 0 saturated carbocycles. The monoisotopic (exact) mass is 351 g/mol. The number of amides is 2. The van der Waals surface area contributed by atoms with Gasteiger partial charge >= 0.3 is 12.2 Å². The van der Waals surface area contributed by atoms with E-state index >= 15 is 0 Å². The fourth-order valence-electron chi connectivity index (χ4n) is 2.14. The van der Waals surface area contributed by atoms with Crippen LogP contribution < -0.4 is 10.2 Å². The van der Waals surface area contributed by atoms with Crippen LogP contribution in [0.15, 0.2) is 23.3 Å². The number of halogens is 1. The van der Waals surface area contributed by atoms with Crippen LogP contribution in [0.2, 0.25) is 0 Å². The zero-order valence-corrected chi connectivity index (χ0v) is 14.0. The van der Waals surface area contributed by atoms with Crippen molar-refractivity contribution >= 4 is 23.6 Å². The molecule has 2 amide bonds.